The molecule has 3 aliphatic rings. The van der Waals surface area contributed by atoms with E-state index in [1.807, 2.05) is 6.07 Å². The number of likely N-dealkylation sites (tertiary alicyclic amines) is 1. The summed E-state index contributed by atoms with van der Waals surface area (Å²) >= 11 is 0. The summed E-state index contributed by atoms with van der Waals surface area (Å²) in [5.74, 6) is -3.12. The van der Waals surface area contributed by atoms with E-state index in [2.05, 4.69) is 4.98 Å². The molecule has 1 saturated carbocycles. The van der Waals surface area contributed by atoms with Crippen molar-refractivity contribution >= 4 is 21.6 Å². The lowest BCUT2D eigenvalue weighted by Gasteiger charge is -2.42. The van der Waals surface area contributed by atoms with E-state index in [1.165, 1.54) is 25.3 Å². The van der Waals surface area contributed by atoms with Crippen LogP contribution in [0.25, 0.3) is 0 Å². The van der Waals surface area contributed by atoms with E-state index in [0.29, 0.717) is 24.3 Å². The molecule has 0 spiro atoms. The fraction of sp³-hybridized carbons (Fsp3) is 0.500. The Bertz CT molecular complexity index is 1160. The van der Waals surface area contributed by atoms with Crippen molar-refractivity contribution in [2.24, 2.45) is 5.92 Å². The van der Waals surface area contributed by atoms with Gasteiger partial charge in [0, 0.05) is 31.7 Å². The van der Waals surface area contributed by atoms with Crippen molar-refractivity contribution in [2.75, 3.05) is 26.8 Å². The van der Waals surface area contributed by atoms with Crippen LogP contribution in [0.15, 0.2) is 36.4 Å². The van der Waals surface area contributed by atoms with Gasteiger partial charge in [-0.05, 0) is 29.8 Å². The molecule has 2 saturated heterocycles. The van der Waals surface area contributed by atoms with Gasteiger partial charge in [0.25, 0.3) is 11.8 Å². The largest absolute Gasteiger partial charge is 0.488 e. The van der Waals surface area contributed by atoms with E-state index in [1.54, 1.807) is 32.7 Å². The first-order valence-corrected chi connectivity index (χ1v) is 12.0. The predicted molar refractivity (Wildman–Crippen MR) is 128 cm³/mol. The Morgan fingerprint density at radius 3 is 2.72 bits per heavy atom. The van der Waals surface area contributed by atoms with Crippen LogP contribution >= 0.6 is 0 Å². The van der Waals surface area contributed by atoms with Crippen molar-refractivity contribution in [1.29, 1.82) is 0 Å². The molecule has 5 rings (SSSR count). The van der Waals surface area contributed by atoms with Crippen LogP contribution in [0.3, 0.4) is 0 Å². The van der Waals surface area contributed by atoms with Gasteiger partial charge in [0.15, 0.2) is 21.4 Å². The average Bonchev–Trinajstić information content (AvgIpc) is 3.11. The number of hydrogen-bond acceptors (Lipinski definition) is 6. The maximum absolute atomic E-state index is 14.0. The number of nitrogens with zero attached hydrogens (tertiary/aromatic N) is 2. The van der Waals surface area contributed by atoms with Crippen molar-refractivity contribution in [3.8, 4) is 11.6 Å². The molecule has 190 valence electrons. The van der Waals surface area contributed by atoms with Crippen LogP contribution in [0.4, 0.5) is 13.2 Å². The molecule has 2 aromatic rings. The van der Waals surface area contributed by atoms with Gasteiger partial charge in [0.2, 0.25) is 5.92 Å². The summed E-state index contributed by atoms with van der Waals surface area (Å²) in [6, 6.07) is 9.37. The summed E-state index contributed by atoms with van der Waals surface area (Å²) < 4.78 is 63.6. The highest BCUT2D eigenvalue weighted by Gasteiger charge is 2.56. The highest BCUT2D eigenvalue weighted by atomic mass is 19.3. The second kappa shape index (κ2) is 8.99. The number of ether oxygens (including phenoxy) is 4. The zero-order valence-electron chi connectivity index (χ0n) is 20.4. The second-order valence-electron chi connectivity index (χ2n) is 10.2. The minimum atomic E-state index is -2.61. The zero-order valence-corrected chi connectivity index (χ0v) is 20.4. The van der Waals surface area contributed by atoms with Gasteiger partial charge in [-0.3, -0.25) is 4.79 Å². The maximum atomic E-state index is 14.0. The predicted octanol–water partition coefficient (Wildman–Crippen LogP) is 1.69. The van der Waals surface area contributed by atoms with Crippen LogP contribution < -0.4 is 9.47 Å². The minimum Gasteiger partial charge on any atom is -0.488 e. The van der Waals surface area contributed by atoms with Crippen molar-refractivity contribution in [3.63, 3.8) is 0 Å². The Balaban J connectivity index is 1.30. The van der Waals surface area contributed by atoms with E-state index >= 15 is 0 Å². The van der Waals surface area contributed by atoms with E-state index in [9.17, 15) is 18.0 Å². The molecule has 1 aliphatic carbocycles. The van der Waals surface area contributed by atoms with Crippen LogP contribution in [-0.4, -0.2) is 75.9 Å². The van der Waals surface area contributed by atoms with Gasteiger partial charge in [0.05, 0.1) is 25.8 Å². The highest BCUT2D eigenvalue weighted by Crippen LogP contribution is 2.47. The number of methoxy groups -OCH3 is 1. The van der Waals surface area contributed by atoms with Gasteiger partial charge < -0.3 is 23.8 Å². The summed E-state index contributed by atoms with van der Waals surface area (Å²) in [6.07, 6.45) is -0.484. The Morgan fingerprint density at radius 1 is 1.25 bits per heavy atom. The third-order valence-corrected chi connectivity index (χ3v) is 7.00. The van der Waals surface area contributed by atoms with Crippen molar-refractivity contribution in [1.82, 2.24) is 9.88 Å². The minimum absolute atomic E-state index is 0.111. The number of benzene rings is 1. The van der Waals surface area contributed by atoms with E-state index in [-0.39, 0.29) is 55.2 Å². The average molecular weight is 502 g/mol. The standard InChI is InChI=1S/C24H27B2F3N2O5/c1-33-20-18(34-13-14-10-22(28,29)11-14)6-5-17(30-20)21(32)31-8-7-23(15-3-2-4-16(27)9-15)19(12-31)35-24(25,26)36-23/h2-6,9,14,19H,7-8,10-13,25-26H2,1H3/t19?,23-/m1/s1. The third kappa shape index (κ3) is 4.68. The van der Waals surface area contributed by atoms with Gasteiger partial charge in [-0.15, -0.1) is 0 Å². The summed E-state index contributed by atoms with van der Waals surface area (Å²) in [5.41, 5.74) is -0.939. The molecule has 12 heteroatoms. The molecular formula is C24H27B2F3N2O5. The second-order valence-corrected chi connectivity index (χ2v) is 10.2. The topological polar surface area (TPSA) is 70.1 Å². The lowest BCUT2D eigenvalue weighted by Crippen LogP contribution is -2.53. The van der Waals surface area contributed by atoms with Gasteiger partial charge in [-0.1, -0.05) is 12.1 Å². The first-order valence-electron chi connectivity index (χ1n) is 12.0. The van der Waals surface area contributed by atoms with Gasteiger partial charge in [-0.25, -0.2) is 18.2 Å². The van der Waals surface area contributed by atoms with Crippen LogP contribution in [0.5, 0.6) is 11.6 Å². The number of fused-ring (bicyclic) bond motifs is 1. The lowest BCUT2D eigenvalue weighted by molar-refractivity contribution is -0.119. The van der Waals surface area contributed by atoms with Crippen molar-refractivity contribution in [3.05, 3.63) is 53.5 Å². The molecule has 0 radical (unpaired) electrons. The van der Waals surface area contributed by atoms with Gasteiger partial charge in [-0.2, -0.15) is 0 Å². The highest BCUT2D eigenvalue weighted by molar-refractivity contribution is 6.38. The summed E-state index contributed by atoms with van der Waals surface area (Å²) in [5, 5.41) is 0. The molecule has 36 heavy (non-hydrogen) atoms. The number of pyridine rings is 1. The fourth-order valence-electron chi connectivity index (χ4n) is 5.36. The lowest BCUT2D eigenvalue weighted by atomic mass is 9.76. The molecule has 3 heterocycles. The Hall–Kier alpha value is -2.72. The molecular weight excluding hydrogens is 475 g/mol. The molecule has 7 nitrogen and oxygen atoms in total. The number of carbonyl (C=O) groups excluding carboxylic acids is 1. The van der Waals surface area contributed by atoms with Crippen LogP contribution in [0, 0.1) is 11.7 Å². The van der Waals surface area contributed by atoms with E-state index in [4.69, 9.17) is 18.9 Å². The summed E-state index contributed by atoms with van der Waals surface area (Å²) in [4.78, 5) is 19.3. The molecule has 0 N–H and O–H groups in total. The number of rotatable bonds is 6. The Morgan fingerprint density at radius 2 is 2.03 bits per heavy atom. The number of amides is 1. The number of piperidine rings is 1. The molecule has 1 amide bonds. The zero-order chi connectivity index (χ0) is 25.7. The number of hydrogen-bond donors (Lipinski definition) is 0. The first-order chi connectivity index (χ1) is 17.0. The Labute approximate surface area is 209 Å². The quantitative estimate of drug-likeness (QED) is 0.561. The van der Waals surface area contributed by atoms with Gasteiger partial charge >= 0.3 is 0 Å². The smallest absolute Gasteiger partial charge is 0.272 e. The molecule has 1 aromatic heterocycles. The van der Waals surface area contributed by atoms with E-state index in [0.717, 1.165) is 0 Å². The molecule has 1 unspecified atom stereocenters. The third-order valence-electron chi connectivity index (χ3n) is 7.00. The number of alkyl halides is 2. The van der Waals surface area contributed by atoms with Crippen LogP contribution in [-0.2, 0) is 15.1 Å². The van der Waals surface area contributed by atoms with Gasteiger partial charge in [0.1, 0.15) is 23.2 Å². The van der Waals surface area contributed by atoms with Crippen molar-refractivity contribution < 1.29 is 36.9 Å². The summed E-state index contributed by atoms with van der Waals surface area (Å²) in [7, 11) is 5.00. The maximum Gasteiger partial charge on any atom is 0.272 e. The molecule has 2 aliphatic heterocycles. The molecule has 1 aromatic carbocycles. The summed E-state index contributed by atoms with van der Waals surface area (Å²) in [6.45, 7) is 0.713. The van der Waals surface area contributed by atoms with Crippen LogP contribution in [0.1, 0.15) is 35.3 Å². The molecule has 3 fully saturated rings. The van der Waals surface area contributed by atoms with Crippen LogP contribution in [0.2, 0.25) is 0 Å². The number of carbonyl (C=O) groups is 1. The number of halogens is 3. The normalized spacial score (nSPS) is 26.7. The fourth-order valence-corrected chi connectivity index (χ4v) is 5.36. The monoisotopic (exact) mass is 502 g/mol. The number of aromatic nitrogens is 1. The molecule has 0 bridgehead atoms. The first kappa shape index (κ1) is 25.0. The van der Waals surface area contributed by atoms with Crippen molar-refractivity contribution in [2.45, 2.75) is 42.5 Å². The molecule has 2 atom stereocenters. The van der Waals surface area contributed by atoms with E-state index < -0.39 is 23.2 Å². The SMILES string of the molecule is BC1(B)OC2CN(C(=O)c3ccc(OCC4CC(F)(F)C4)c(OC)n3)CC[C@]2(c2cccc(F)c2)O1. The Kier molecular flexibility index (Phi) is 6.23.